The van der Waals surface area contributed by atoms with Crippen LogP contribution in [0, 0.1) is 0 Å². The van der Waals surface area contributed by atoms with E-state index in [1.54, 1.807) is 30.7 Å². The van der Waals surface area contributed by atoms with E-state index in [2.05, 4.69) is 22.4 Å². The van der Waals surface area contributed by atoms with Crippen molar-refractivity contribution >= 4 is 12.1 Å². The Labute approximate surface area is 121 Å². The SMILES string of the molecule is CCCCCCCCC/C=N/NC(=O)c1ccncc1. The van der Waals surface area contributed by atoms with Gasteiger partial charge in [-0.1, -0.05) is 45.4 Å². The van der Waals surface area contributed by atoms with Gasteiger partial charge in [-0.05, 0) is 25.0 Å². The first kappa shape index (κ1) is 16.3. The van der Waals surface area contributed by atoms with Gasteiger partial charge in [0.15, 0.2) is 0 Å². The van der Waals surface area contributed by atoms with Crippen LogP contribution in [0.4, 0.5) is 0 Å². The fraction of sp³-hybridized carbons (Fsp3) is 0.562. The van der Waals surface area contributed by atoms with Crippen LogP contribution in [0.1, 0.15) is 68.6 Å². The summed E-state index contributed by atoms with van der Waals surface area (Å²) in [6.07, 6.45) is 14.9. The van der Waals surface area contributed by atoms with Crippen molar-refractivity contribution < 1.29 is 4.79 Å². The zero-order chi connectivity index (χ0) is 14.5. The molecule has 0 aliphatic heterocycles. The fourth-order valence-electron chi connectivity index (χ4n) is 1.93. The Morgan fingerprint density at radius 3 is 2.50 bits per heavy atom. The van der Waals surface area contributed by atoms with Gasteiger partial charge in [-0.3, -0.25) is 9.78 Å². The lowest BCUT2D eigenvalue weighted by atomic mass is 10.1. The molecule has 0 spiro atoms. The molecule has 1 aromatic heterocycles. The van der Waals surface area contributed by atoms with Crippen LogP contribution in [0.3, 0.4) is 0 Å². The number of hydrogen-bond acceptors (Lipinski definition) is 3. The molecular weight excluding hydrogens is 250 g/mol. The molecule has 0 aromatic carbocycles. The van der Waals surface area contributed by atoms with Crippen molar-refractivity contribution in [1.29, 1.82) is 0 Å². The molecule has 0 fully saturated rings. The van der Waals surface area contributed by atoms with Crippen molar-refractivity contribution in [2.75, 3.05) is 0 Å². The number of nitrogens with one attached hydrogen (secondary N) is 1. The number of carbonyl (C=O) groups excluding carboxylic acids is 1. The zero-order valence-electron chi connectivity index (χ0n) is 12.3. The average molecular weight is 275 g/mol. The number of pyridine rings is 1. The molecular formula is C16H25N3O. The molecule has 110 valence electrons. The van der Waals surface area contributed by atoms with Gasteiger partial charge in [0.25, 0.3) is 5.91 Å². The Hall–Kier alpha value is -1.71. The highest BCUT2D eigenvalue weighted by molar-refractivity contribution is 5.94. The lowest BCUT2D eigenvalue weighted by molar-refractivity contribution is 0.0955. The molecule has 1 amide bonds. The van der Waals surface area contributed by atoms with E-state index in [0.717, 1.165) is 12.8 Å². The van der Waals surface area contributed by atoms with E-state index in [4.69, 9.17) is 0 Å². The summed E-state index contributed by atoms with van der Waals surface area (Å²) >= 11 is 0. The molecule has 1 aromatic rings. The number of hydrazone groups is 1. The molecule has 1 N–H and O–H groups in total. The summed E-state index contributed by atoms with van der Waals surface area (Å²) in [6, 6.07) is 3.34. The van der Waals surface area contributed by atoms with Gasteiger partial charge in [0.2, 0.25) is 0 Å². The van der Waals surface area contributed by atoms with Gasteiger partial charge in [0.05, 0.1) is 0 Å². The Bertz CT molecular complexity index is 390. The third-order valence-corrected chi connectivity index (χ3v) is 3.14. The van der Waals surface area contributed by atoms with Gasteiger partial charge in [0, 0.05) is 24.2 Å². The fourth-order valence-corrected chi connectivity index (χ4v) is 1.93. The van der Waals surface area contributed by atoms with Gasteiger partial charge in [-0.15, -0.1) is 0 Å². The Kier molecular flexibility index (Phi) is 9.11. The van der Waals surface area contributed by atoms with Crippen molar-refractivity contribution in [2.24, 2.45) is 5.10 Å². The van der Waals surface area contributed by atoms with E-state index in [1.165, 1.54) is 38.5 Å². The van der Waals surface area contributed by atoms with Gasteiger partial charge in [-0.2, -0.15) is 5.10 Å². The quantitative estimate of drug-likeness (QED) is 0.399. The minimum atomic E-state index is -0.191. The molecule has 4 heteroatoms. The summed E-state index contributed by atoms with van der Waals surface area (Å²) in [4.78, 5) is 15.5. The number of aromatic nitrogens is 1. The maximum Gasteiger partial charge on any atom is 0.271 e. The summed E-state index contributed by atoms with van der Waals surface area (Å²) in [5.74, 6) is -0.191. The van der Waals surface area contributed by atoms with Crippen LogP contribution in [-0.2, 0) is 0 Å². The third-order valence-electron chi connectivity index (χ3n) is 3.14. The van der Waals surface area contributed by atoms with Gasteiger partial charge in [-0.25, -0.2) is 5.43 Å². The number of rotatable bonds is 10. The highest BCUT2D eigenvalue weighted by Gasteiger charge is 2.01. The van der Waals surface area contributed by atoms with Crippen molar-refractivity contribution in [1.82, 2.24) is 10.4 Å². The van der Waals surface area contributed by atoms with Crippen molar-refractivity contribution in [2.45, 2.75) is 58.3 Å². The molecule has 0 bridgehead atoms. The zero-order valence-corrected chi connectivity index (χ0v) is 12.3. The summed E-state index contributed by atoms with van der Waals surface area (Å²) < 4.78 is 0. The monoisotopic (exact) mass is 275 g/mol. The van der Waals surface area contributed by atoms with E-state index in [0.29, 0.717) is 5.56 Å². The number of unbranched alkanes of at least 4 members (excludes halogenated alkanes) is 7. The van der Waals surface area contributed by atoms with Crippen molar-refractivity contribution in [3.05, 3.63) is 30.1 Å². The van der Waals surface area contributed by atoms with Crippen LogP contribution in [0.2, 0.25) is 0 Å². The third kappa shape index (κ3) is 7.67. The minimum absolute atomic E-state index is 0.191. The first-order chi connectivity index (χ1) is 9.84. The van der Waals surface area contributed by atoms with E-state index in [1.807, 2.05) is 0 Å². The number of amides is 1. The summed E-state index contributed by atoms with van der Waals surface area (Å²) in [7, 11) is 0. The van der Waals surface area contributed by atoms with Crippen LogP contribution < -0.4 is 5.43 Å². The maximum absolute atomic E-state index is 11.6. The van der Waals surface area contributed by atoms with E-state index >= 15 is 0 Å². The molecule has 20 heavy (non-hydrogen) atoms. The first-order valence-corrected chi connectivity index (χ1v) is 7.56. The average Bonchev–Trinajstić information content (AvgIpc) is 2.50. The Balaban J connectivity index is 2.01. The predicted molar refractivity (Wildman–Crippen MR) is 82.8 cm³/mol. The Morgan fingerprint density at radius 1 is 1.15 bits per heavy atom. The predicted octanol–water partition coefficient (Wildman–Crippen LogP) is 3.94. The summed E-state index contributed by atoms with van der Waals surface area (Å²) in [6.45, 7) is 2.23. The van der Waals surface area contributed by atoms with Crippen molar-refractivity contribution in [3.63, 3.8) is 0 Å². The van der Waals surface area contributed by atoms with Gasteiger partial charge in [0.1, 0.15) is 0 Å². The minimum Gasteiger partial charge on any atom is -0.267 e. The highest BCUT2D eigenvalue weighted by atomic mass is 16.2. The molecule has 0 aliphatic carbocycles. The largest absolute Gasteiger partial charge is 0.271 e. The molecule has 0 atom stereocenters. The number of hydrogen-bond donors (Lipinski definition) is 1. The van der Waals surface area contributed by atoms with E-state index < -0.39 is 0 Å². The highest BCUT2D eigenvalue weighted by Crippen LogP contribution is 2.07. The number of carbonyl (C=O) groups is 1. The van der Waals surface area contributed by atoms with Crippen LogP contribution in [0.25, 0.3) is 0 Å². The van der Waals surface area contributed by atoms with E-state index in [9.17, 15) is 4.79 Å². The van der Waals surface area contributed by atoms with Crippen LogP contribution in [0.15, 0.2) is 29.6 Å². The summed E-state index contributed by atoms with van der Waals surface area (Å²) in [5, 5.41) is 3.95. The topological polar surface area (TPSA) is 54.4 Å². The molecule has 0 saturated heterocycles. The van der Waals surface area contributed by atoms with Crippen molar-refractivity contribution in [3.8, 4) is 0 Å². The lowest BCUT2D eigenvalue weighted by Crippen LogP contribution is -2.17. The first-order valence-electron chi connectivity index (χ1n) is 7.56. The maximum atomic E-state index is 11.6. The van der Waals surface area contributed by atoms with E-state index in [-0.39, 0.29) is 5.91 Å². The molecule has 0 saturated carbocycles. The Morgan fingerprint density at radius 2 is 1.80 bits per heavy atom. The standard InChI is InChI=1S/C16H25N3O/c1-2-3-4-5-6-7-8-9-12-18-19-16(20)15-10-13-17-14-11-15/h10-14H,2-9H2,1H3,(H,19,20)/b18-12+. The molecule has 0 unspecified atom stereocenters. The second-order valence-corrected chi connectivity index (χ2v) is 4.90. The second kappa shape index (κ2) is 11.1. The number of nitrogens with zero attached hydrogens (tertiary/aromatic N) is 2. The molecule has 0 radical (unpaired) electrons. The smallest absolute Gasteiger partial charge is 0.267 e. The van der Waals surface area contributed by atoms with Crippen LogP contribution in [0.5, 0.6) is 0 Å². The van der Waals surface area contributed by atoms with Gasteiger partial charge >= 0.3 is 0 Å². The molecule has 4 nitrogen and oxygen atoms in total. The van der Waals surface area contributed by atoms with Crippen LogP contribution in [-0.4, -0.2) is 17.1 Å². The molecule has 1 rings (SSSR count). The second-order valence-electron chi connectivity index (χ2n) is 4.90. The summed E-state index contributed by atoms with van der Waals surface area (Å²) in [5.41, 5.74) is 3.10. The van der Waals surface area contributed by atoms with Crippen LogP contribution >= 0.6 is 0 Å². The molecule has 1 heterocycles. The normalized spacial score (nSPS) is 10.8. The molecule has 0 aliphatic rings. The lowest BCUT2D eigenvalue weighted by Gasteiger charge is -1.99. The van der Waals surface area contributed by atoms with Gasteiger partial charge < -0.3 is 0 Å².